The minimum absolute atomic E-state index is 0.0362. The van der Waals surface area contributed by atoms with Gasteiger partial charge >= 0.3 is 5.97 Å². The summed E-state index contributed by atoms with van der Waals surface area (Å²) in [7, 11) is 0. The standard InChI is InChI=1S/C26H25NO4/c28-25(27-24-15-7-11-20-10-4-5-14-23(20)24)18-31-26(29)21-12-6-13-22(16-21)30-17-19-8-2-1-3-9-19/h1-6,8-10,12-14,16,24H,7,11,15,17-18H2,(H,27,28)/t24-/m0/s1. The second kappa shape index (κ2) is 9.94. The second-order valence-electron chi connectivity index (χ2n) is 7.59. The number of carbonyl (C=O) groups is 2. The van der Waals surface area contributed by atoms with Crippen molar-refractivity contribution in [1.82, 2.24) is 5.32 Å². The van der Waals surface area contributed by atoms with Crippen molar-refractivity contribution in [2.45, 2.75) is 31.9 Å². The molecule has 1 amide bonds. The van der Waals surface area contributed by atoms with Crippen molar-refractivity contribution in [2.75, 3.05) is 6.61 Å². The van der Waals surface area contributed by atoms with Gasteiger partial charge in [0.05, 0.1) is 11.6 Å². The van der Waals surface area contributed by atoms with Gasteiger partial charge in [0, 0.05) is 0 Å². The zero-order valence-corrected chi connectivity index (χ0v) is 17.3. The van der Waals surface area contributed by atoms with Crippen LogP contribution in [0.4, 0.5) is 0 Å². The SMILES string of the molecule is O=C(COC(=O)c1cccc(OCc2ccccc2)c1)N[C@H]1CCCc2ccccc21. The van der Waals surface area contributed by atoms with E-state index < -0.39 is 5.97 Å². The van der Waals surface area contributed by atoms with E-state index in [4.69, 9.17) is 9.47 Å². The van der Waals surface area contributed by atoms with E-state index >= 15 is 0 Å². The molecule has 0 saturated heterocycles. The quantitative estimate of drug-likeness (QED) is 0.572. The number of esters is 1. The average molecular weight is 415 g/mol. The number of ether oxygens (including phenoxy) is 2. The molecule has 0 fully saturated rings. The lowest BCUT2D eigenvalue weighted by molar-refractivity contribution is -0.125. The van der Waals surface area contributed by atoms with Crippen molar-refractivity contribution >= 4 is 11.9 Å². The van der Waals surface area contributed by atoms with Crippen LogP contribution < -0.4 is 10.1 Å². The number of amides is 1. The molecular weight excluding hydrogens is 390 g/mol. The first-order chi connectivity index (χ1) is 15.2. The molecule has 0 radical (unpaired) electrons. The van der Waals surface area contributed by atoms with E-state index in [-0.39, 0.29) is 18.6 Å². The summed E-state index contributed by atoms with van der Waals surface area (Å²) in [6.07, 6.45) is 2.94. The van der Waals surface area contributed by atoms with Crippen LogP contribution >= 0.6 is 0 Å². The van der Waals surface area contributed by atoms with Crippen LogP contribution in [0, 0.1) is 0 Å². The highest BCUT2D eigenvalue weighted by Crippen LogP contribution is 2.29. The summed E-state index contributed by atoms with van der Waals surface area (Å²) < 4.78 is 11.0. The van der Waals surface area contributed by atoms with Crippen molar-refractivity contribution in [3.63, 3.8) is 0 Å². The molecule has 0 unspecified atom stereocenters. The zero-order chi connectivity index (χ0) is 21.5. The van der Waals surface area contributed by atoms with Crippen LogP contribution in [0.5, 0.6) is 5.75 Å². The maximum Gasteiger partial charge on any atom is 0.338 e. The molecule has 1 atom stereocenters. The number of benzene rings is 3. The fourth-order valence-corrected chi connectivity index (χ4v) is 3.81. The first kappa shape index (κ1) is 20.7. The minimum Gasteiger partial charge on any atom is -0.489 e. The van der Waals surface area contributed by atoms with Crippen LogP contribution in [-0.4, -0.2) is 18.5 Å². The molecular formula is C26H25NO4. The third-order valence-corrected chi connectivity index (χ3v) is 5.36. The number of hydrogen-bond acceptors (Lipinski definition) is 4. The molecule has 5 nitrogen and oxygen atoms in total. The van der Waals surface area contributed by atoms with Crippen LogP contribution in [-0.2, 0) is 22.6 Å². The van der Waals surface area contributed by atoms with Crippen molar-refractivity contribution in [3.05, 3.63) is 101 Å². The predicted octanol–water partition coefficient (Wildman–Crippen LogP) is 4.62. The van der Waals surface area contributed by atoms with Gasteiger partial charge in [-0.05, 0) is 54.2 Å². The summed E-state index contributed by atoms with van der Waals surface area (Å²) in [5.41, 5.74) is 3.80. The molecule has 0 spiro atoms. The highest BCUT2D eigenvalue weighted by molar-refractivity contribution is 5.91. The van der Waals surface area contributed by atoms with E-state index in [9.17, 15) is 9.59 Å². The Kier molecular flexibility index (Phi) is 6.62. The molecule has 3 aromatic rings. The van der Waals surface area contributed by atoms with Crippen molar-refractivity contribution in [2.24, 2.45) is 0 Å². The van der Waals surface area contributed by atoms with E-state index in [2.05, 4.69) is 11.4 Å². The second-order valence-corrected chi connectivity index (χ2v) is 7.59. The van der Waals surface area contributed by atoms with Crippen molar-refractivity contribution < 1.29 is 19.1 Å². The molecule has 0 aliphatic heterocycles. The molecule has 1 N–H and O–H groups in total. The van der Waals surface area contributed by atoms with Crippen LogP contribution in [0.2, 0.25) is 0 Å². The van der Waals surface area contributed by atoms with E-state index in [1.54, 1.807) is 24.3 Å². The Hall–Kier alpha value is -3.60. The third kappa shape index (κ3) is 5.51. The van der Waals surface area contributed by atoms with Crippen LogP contribution in [0.1, 0.15) is 45.9 Å². The molecule has 5 heteroatoms. The molecule has 1 aliphatic carbocycles. The molecule has 0 saturated carbocycles. The van der Waals surface area contributed by atoms with Gasteiger partial charge in [0.1, 0.15) is 12.4 Å². The van der Waals surface area contributed by atoms with Gasteiger partial charge in [0.15, 0.2) is 6.61 Å². The van der Waals surface area contributed by atoms with E-state index in [0.29, 0.717) is 17.9 Å². The normalized spacial score (nSPS) is 14.9. The van der Waals surface area contributed by atoms with E-state index in [1.807, 2.05) is 48.5 Å². The van der Waals surface area contributed by atoms with Crippen molar-refractivity contribution in [3.8, 4) is 5.75 Å². The Morgan fingerprint density at radius 1 is 0.935 bits per heavy atom. The number of rotatable bonds is 7. The number of hydrogen-bond donors (Lipinski definition) is 1. The number of carbonyl (C=O) groups excluding carboxylic acids is 2. The summed E-state index contributed by atoms with van der Waals surface area (Å²) >= 11 is 0. The predicted molar refractivity (Wildman–Crippen MR) is 118 cm³/mol. The van der Waals surface area contributed by atoms with Gasteiger partial charge in [-0.3, -0.25) is 4.79 Å². The lowest BCUT2D eigenvalue weighted by Crippen LogP contribution is -2.34. The average Bonchev–Trinajstić information content (AvgIpc) is 2.82. The Balaban J connectivity index is 1.29. The Morgan fingerprint density at radius 3 is 2.61 bits per heavy atom. The van der Waals surface area contributed by atoms with Gasteiger partial charge < -0.3 is 14.8 Å². The summed E-state index contributed by atoms with van der Waals surface area (Å²) in [4.78, 5) is 24.8. The lowest BCUT2D eigenvalue weighted by atomic mass is 9.88. The summed E-state index contributed by atoms with van der Waals surface area (Å²) in [5, 5.41) is 2.99. The van der Waals surface area contributed by atoms with Gasteiger partial charge in [-0.25, -0.2) is 4.79 Å². The van der Waals surface area contributed by atoms with Gasteiger partial charge in [-0.15, -0.1) is 0 Å². The Morgan fingerprint density at radius 2 is 1.74 bits per heavy atom. The van der Waals surface area contributed by atoms with Crippen LogP contribution in [0.3, 0.4) is 0 Å². The Labute approximate surface area is 182 Å². The fourth-order valence-electron chi connectivity index (χ4n) is 3.81. The molecule has 3 aromatic carbocycles. The molecule has 1 aliphatic rings. The topological polar surface area (TPSA) is 64.6 Å². The van der Waals surface area contributed by atoms with E-state index in [0.717, 1.165) is 30.4 Å². The number of aryl methyl sites for hydroxylation is 1. The van der Waals surface area contributed by atoms with Gasteiger partial charge in [0.25, 0.3) is 5.91 Å². The molecule has 158 valence electrons. The maximum absolute atomic E-state index is 12.4. The van der Waals surface area contributed by atoms with Crippen molar-refractivity contribution in [1.29, 1.82) is 0 Å². The lowest BCUT2D eigenvalue weighted by Gasteiger charge is -2.26. The first-order valence-electron chi connectivity index (χ1n) is 10.5. The number of nitrogens with one attached hydrogen (secondary N) is 1. The molecule has 4 rings (SSSR count). The Bertz CT molecular complexity index is 1050. The van der Waals surface area contributed by atoms with Gasteiger partial charge in [-0.1, -0.05) is 60.7 Å². The maximum atomic E-state index is 12.4. The largest absolute Gasteiger partial charge is 0.489 e. The molecule has 0 bridgehead atoms. The van der Waals surface area contributed by atoms with Crippen LogP contribution in [0.25, 0.3) is 0 Å². The monoisotopic (exact) mass is 415 g/mol. The number of fused-ring (bicyclic) bond motifs is 1. The summed E-state index contributed by atoms with van der Waals surface area (Å²) in [6.45, 7) is 0.0945. The zero-order valence-electron chi connectivity index (χ0n) is 17.3. The summed E-state index contributed by atoms with van der Waals surface area (Å²) in [5.74, 6) is -0.280. The third-order valence-electron chi connectivity index (χ3n) is 5.36. The smallest absolute Gasteiger partial charge is 0.338 e. The molecule has 0 heterocycles. The van der Waals surface area contributed by atoms with Gasteiger partial charge in [-0.2, -0.15) is 0 Å². The fraction of sp³-hybridized carbons (Fsp3) is 0.231. The van der Waals surface area contributed by atoms with Crippen LogP contribution in [0.15, 0.2) is 78.9 Å². The molecule has 31 heavy (non-hydrogen) atoms. The highest BCUT2D eigenvalue weighted by Gasteiger charge is 2.22. The first-order valence-corrected chi connectivity index (χ1v) is 10.5. The van der Waals surface area contributed by atoms with Gasteiger partial charge in [0.2, 0.25) is 0 Å². The molecule has 0 aromatic heterocycles. The summed E-state index contributed by atoms with van der Waals surface area (Å²) in [6, 6.07) is 24.7. The van der Waals surface area contributed by atoms with E-state index in [1.165, 1.54) is 5.56 Å². The highest BCUT2D eigenvalue weighted by atomic mass is 16.5. The minimum atomic E-state index is -0.552.